The number of aryl methyl sites for hydroxylation is 2. The predicted octanol–water partition coefficient (Wildman–Crippen LogP) is 3.79. The van der Waals surface area contributed by atoms with Gasteiger partial charge in [0.2, 0.25) is 5.95 Å². The van der Waals surface area contributed by atoms with E-state index in [1.165, 1.54) is 12.1 Å². The third kappa shape index (κ3) is 2.83. The van der Waals surface area contributed by atoms with Gasteiger partial charge in [-0.15, -0.1) is 0 Å². The molecule has 3 aromatic rings. The van der Waals surface area contributed by atoms with E-state index >= 15 is 0 Å². The molecule has 0 bridgehead atoms. The van der Waals surface area contributed by atoms with Crippen LogP contribution in [0.3, 0.4) is 0 Å². The molecule has 0 saturated heterocycles. The molecule has 3 rings (SSSR count). The first-order chi connectivity index (χ1) is 10.0. The highest BCUT2D eigenvalue weighted by atomic mass is 35.5. The van der Waals surface area contributed by atoms with Crippen LogP contribution in [0.2, 0.25) is 5.02 Å². The van der Waals surface area contributed by atoms with Gasteiger partial charge in [-0.1, -0.05) is 11.6 Å². The van der Waals surface area contributed by atoms with Crippen LogP contribution < -0.4 is 5.73 Å². The maximum absolute atomic E-state index is 13.2. The van der Waals surface area contributed by atoms with Gasteiger partial charge in [-0.3, -0.25) is 0 Å². The average Bonchev–Trinajstić information content (AvgIpc) is 2.70. The molecule has 0 radical (unpaired) electrons. The number of benzene rings is 2. The molecular formula is C15H12ClF2N3. The molecule has 1 aromatic heterocycles. The van der Waals surface area contributed by atoms with Crippen LogP contribution in [0.1, 0.15) is 5.56 Å². The fourth-order valence-corrected chi connectivity index (χ4v) is 2.51. The summed E-state index contributed by atoms with van der Waals surface area (Å²) in [5.74, 6) is -0.822. The third-order valence-electron chi connectivity index (χ3n) is 3.29. The van der Waals surface area contributed by atoms with Gasteiger partial charge in [-0.2, -0.15) is 0 Å². The van der Waals surface area contributed by atoms with Gasteiger partial charge in [0, 0.05) is 17.6 Å². The van der Waals surface area contributed by atoms with E-state index < -0.39 is 11.6 Å². The van der Waals surface area contributed by atoms with Crippen LogP contribution in [-0.2, 0) is 13.0 Å². The summed E-state index contributed by atoms with van der Waals surface area (Å²) in [7, 11) is 0. The molecule has 0 aliphatic carbocycles. The quantitative estimate of drug-likeness (QED) is 0.800. The molecule has 1 heterocycles. The lowest BCUT2D eigenvalue weighted by Crippen LogP contribution is -2.06. The van der Waals surface area contributed by atoms with Gasteiger partial charge in [-0.25, -0.2) is 13.8 Å². The Balaban J connectivity index is 1.91. The molecule has 6 heteroatoms. The zero-order chi connectivity index (χ0) is 15.0. The summed E-state index contributed by atoms with van der Waals surface area (Å²) in [6, 6.07) is 8.77. The van der Waals surface area contributed by atoms with E-state index in [1.807, 2.05) is 0 Å². The number of halogens is 3. The SMILES string of the molecule is Nc1nc2ccc(Cl)cc2n1CCc1cc(F)cc(F)c1. The highest BCUT2D eigenvalue weighted by molar-refractivity contribution is 6.31. The van der Waals surface area contributed by atoms with Crippen molar-refractivity contribution in [2.24, 2.45) is 0 Å². The van der Waals surface area contributed by atoms with E-state index in [0.29, 0.717) is 29.5 Å². The van der Waals surface area contributed by atoms with Crippen molar-refractivity contribution < 1.29 is 8.78 Å². The highest BCUT2D eigenvalue weighted by Crippen LogP contribution is 2.22. The summed E-state index contributed by atoms with van der Waals surface area (Å²) in [6.45, 7) is 0.464. The molecule has 21 heavy (non-hydrogen) atoms. The number of hydrogen-bond donors (Lipinski definition) is 1. The summed E-state index contributed by atoms with van der Waals surface area (Å²) >= 11 is 5.98. The number of aromatic nitrogens is 2. The molecule has 0 atom stereocenters. The predicted molar refractivity (Wildman–Crippen MR) is 79.2 cm³/mol. The van der Waals surface area contributed by atoms with Crippen molar-refractivity contribution in [1.29, 1.82) is 0 Å². The van der Waals surface area contributed by atoms with Gasteiger partial charge in [0.05, 0.1) is 11.0 Å². The fourth-order valence-electron chi connectivity index (χ4n) is 2.35. The van der Waals surface area contributed by atoms with Crippen molar-refractivity contribution in [3.8, 4) is 0 Å². The number of nitrogens with zero attached hydrogens (tertiary/aromatic N) is 2. The lowest BCUT2D eigenvalue weighted by molar-refractivity contribution is 0.577. The molecule has 0 saturated carbocycles. The van der Waals surface area contributed by atoms with Crippen LogP contribution in [0, 0.1) is 11.6 Å². The van der Waals surface area contributed by atoms with Crippen molar-refractivity contribution in [3.63, 3.8) is 0 Å². The molecule has 3 nitrogen and oxygen atoms in total. The van der Waals surface area contributed by atoms with E-state index in [1.54, 1.807) is 22.8 Å². The molecule has 108 valence electrons. The van der Waals surface area contributed by atoms with Crippen molar-refractivity contribution in [1.82, 2.24) is 9.55 Å². The number of anilines is 1. The smallest absolute Gasteiger partial charge is 0.201 e. The second-order valence-electron chi connectivity index (χ2n) is 4.78. The molecule has 2 aromatic carbocycles. The summed E-state index contributed by atoms with van der Waals surface area (Å²) in [6.07, 6.45) is 0.441. The maximum Gasteiger partial charge on any atom is 0.201 e. The highest BCUT2D eigenvalue weighted by Gasteiger charge is 2.09. The Bertz CT molecular complexity index is 794. The number of imidazole rings is 1. The Morgan fingerprint density at radius 2 is 1.81 bits per heavy atom. The Morgan fingerprint density at radius 3 is 2.52 bits per heavy atom. The largest absolute Gasteiger partial charge is 0.369 e. The standard InChI is InChI=1S/C15H12ClF2N3/c16-10-1-2-13-14(7-10)21(15(19)20-13)4-3-9-5-11(17)8-12(18)6-9/h1-2,5-8H,3-4H2,(H2,19,20). The molecule has 0 unspecified atom stereocenters. The number of fused-ring (bicyclic) bond motifs is 1. The molecule has 2 N–H and O–H groups in total. The van der Waals surface area contributed by atoms with Gasteiger partial charge in [-0.05, 0) is 42.3 Å². The lowest BCUT2D eigenvalue weighted by atomic mass is 10.1. The third-order valence-corrected chi connectivity index (χ3v) is 3.52. The van der Waals surface area contributed by atoms with E-state index in [2.05, 4.69) is 4.98 Å². The van der Waals surface area contributed by atoms with Gasteiger partial charge in [0.15, 0.2) is 0 Å². The van der Waals surface area contributed by atoms with Gasteiger partial charge < -0.3 is 10.3 Å². The minimum absolute atomic E-state index is 0.351. The Hall–Kier alpha value is -2.14. The second kappa shape index (κ2) is 5.33. The zero-order valence-electron chi connectivity index (χ0n) is 11.0. The number of nitrogens with two attached hydrogens (primary N) is 1. The summed E-state index contributed by atoms with van der Waals surface area (Å²) in [5, 5.41) is 0.584. The van der Waals surface area contributed by atoms with Crippen LogP contribution in [-0.4, -0.2) is 9.55 Å². The molecule has 0 aliphatic heterocycles. The van der Waals surface area contributed by atoms with Crippen LogP contribution in [0.25, 0.3) is 11.0 Å². The monoisotopic (exact) mass is 307 g/mol. The average molecular weight is 308 g/mol. The van der Waals surface area contributed by atoms with Gasteiger partial charge >= 0.3 is 0 Å². The summed E-state index contributed by atoms with van der Waals surface area (Å²) in [5.41, 5.74) is 7.99. The first-order valence-corrected chi connectivity index (χ1v) is 6.77. The van der Waals surface area contributed by atoms with Gasteiger partial charge in [0.25, 0.3) is 0 Å². The Morgan fingerprint density at radius 1 is 1.10 bits per heavy atom. The van der Waals surface area contributed by atoms with E-state index in [0.717, 1.165) is 17.1 Å². The Kier molecular flexibility index (Phi) is 3.51. The van der Waals surface area contributed by atoms with E-state index in [4.69, 9.17) is 17.3 Å². The van der Waals surface area contributed by atoms with E-state index in [-0.39, 0.29) is 0 Å². The van der Waals surface area contributed by atoms with Crippen molar-refractivity contribution in [3.05, 3.63) is 58.6 Å². The molecule has 0 fully saturated rings. The maximum atomic E-state index is 13.2. The summed E-state index contributed by atoms with van der Waals surface area (Å²) < 4.78 is 28.1. The summed E-state index contributed by atoms with van der Waals surface area (Å²) in [4.78, 5) is 4.24. The topological polar surface area (TPSA) is 43.8 Å². The number of hydrogen-bond acceptors (Lipinski definition) is 2. The number of rotatable bonds is 3. The zero-order valence-corrected chi connectivity index (χ0v) is 11.7. The van der Waals surface area contributed by atoms with Crippen LogP contribution in [0.5, 0.6) is 0 Å². The fraction of sp³-hybridized carbons (Fsp3) is 0.133. The molecule has 0 amide bonds. The first kappa shape index (κ1) is 13.8. The van der Waals surface area contributed by atoms with Crippen LogP contribution >= 0.6 is 11.6 Å². The number of nitrogen functional groups attached to an aromatic ring is 1. The normalized spacial score (nSPS) is 11.2. The lowest BCUT2D eigenvalue weighted by Gasteiger charge is -2.07. The van der Waals surface area contributed by atoms with Crippen molar-refractivity contribution in [2.45, 2.75) is 13.0 Å². The minimum atomic E-state index is -0.587. The van der Waals surface area contributed by atoms with Crippen molar-refractivity contribution >= 4 is 28.6 Å². The van der Waals surface area contributed by atoms with Gasteiger partial charge in [0.1, 0.15) is 11.6 Å². The molecule has 0 aliphatic rings. The van der Waals surface area contributed by atoms with Crippen molar-refractivity contribution in [2.75, 3.05) is 5.73 Å². The van der Waals surface area contributed by atoms with Crippen LogP contribution in [0.15, 0.2) is 36.4 Å². The molecular weight excluding hydrogens is 296 g/mol. The second-order valence-corrected chi connectivity index (χ2v) is 5.22. The molecule has 0 spiro atoms. The first-order valence-electron chi connectivity index (χ1n) is 6.39. The minimum Gasteiger partial charge on any atom is -0.369 e. The van der Waals surface area contributed by atoms with E-state index in [9.17, 15) is 8.78 Å². The van der Waals surface area contributed by atoms with Crippen LogP contribution in [0.4, 0.5) is 14.7 Å². The Labute approximate surface area is 125 Å².